The molecule has 1 aromatic rings. The van der Waals surface area contributed by atoms with Gasteiger partial charge in [-0.1, -0.05) is 26.0 Å². The minimum absolute atomic E-state index is 0.232. The van der Waals surface area contributed by atoms with E-state index in [0.717, 1.165) is 17.7 Å². The van der Waals surface area contributed by atoms with Gasteiger partial charge in [-0.15, -0.1) is 0 Å². The standard InChI is InChI=1S/C13H21NO2S/c1-11(2)17(15)8-4-7-16-13-6-3-5-12(9-13)10-14/h3,5-6,9,11H,4,7-8,10,14H2,1-2H3. The first-order chi connectivity index (χ1) is 8.13. The third-order valence-corrected chi connectivity index (χ3v) is 4.16. The summed E-state index contributed by atoms with van der Waals surface area (Å²) in [5.74, 6) is 1.54. The second-order valence-corrected chi connectivity index (χ2v) is 6.30. The van der Waals surface area contributed by atoms with Crippen LogP contribution in [0, 0.1) is 0 Å². The van der Waals surface area contributed by atoms with E-state index in [1.54, 1.807) is 0 Å². The van der Waals surface area contributed by atoms with E-state index in [2.05, 4.69) is 0 Å². The predicted molar refractivity (Wildman–Crippen MR) is 72.6 cm³/mol. The number of hydrogen-bond acceptors (Lipinski definition) is 3. The summed E-state index contributed by atoms with van der Waals surface area (Å²) in [6, 6.07) is 7.77. The highest BCUT2D eigenvalue weighted by atomic mass is 32.2. The van der Waals surface area contributed by atoms with E-state index in [1.807, 2.05) is 38.1 Å². The van der Waals surface area contributed by atoms with Crippen LogP contribution in [0.5, 0.6) is 5.75 Å². The molecule has 1 unspecified atom stereocenters. The van der Waals surface area contributed by atoms with Crippen LogP contribution < -0.4 is 10.5 Å². The molecule has 0 aliphatic carbocycles. The van der Waals surface area contributed by atoms with Crippen molar-refractivity contribution in [1.82, 2.24) is 0 Å². The number of ether oxygens (including phenoxy) is 1. The molecule has 0 spiro atoms. The lowest BCUT2D eigenvalue weighted by molar-refractivity contribution is 0.318. The van der Waals surface area contributed by atoms with Crippen LogP contribution in [0.25, 0.3) is 0 Å². The Morgan fingerprint density at radius 1 is 1.41 bits per heavy atom. The molecule has 4 heteroatoms. The molecule has 1 atom stereocenters. The highest BCUT2D eigenvalue weighted by Crippen LogP contribution is 2.13. The number of hydrogen-bond donors (Lipinski definition) is 1. The monoisotopic (exact) mass is 255 g/mol. The molecular formula is C13H21NO2S. The van der Waals surface area contributed by atoms with Gasteiger partial charge in [0.1, 0.15) is 5.75 Å². The second kappa shape index (κ2) is 7.45. The Morgan fingerprint density at radius 3 is 2.82 bits per heavy atom. The van der Waals surface area contributed by atoms with Gasteiger partial charge in [0.25, 0.3) is 0 Å². The van der Waals surface area contributed by atoms with Crippen molar-refractivity contribution in [2.75, 3.05) is 12.4 Å². The summed E-state index contributed by atoms with van der Waals surface area (Å²) in [4.78, 5) is 0. The Bertz CT molecular complexity index is 366. The number of rotatable bonds is 7. The fourth-order valence-electron chi connectivity index (χ4n) is 1.39. The Balaban J connectivity index is 2.28. The van der Waals surface area contributed by atoms with E-state index in [-0.39, 0.29) is 5.25 Å². The van der Waals surface area contributed by atoms with Crippen molar-refractivity contribution < 1.29 is 8.95 Å². The number of benzene rings is 1. The molecule has 0 saturated heterocycles. The minimum atomic E-state index is -0.736. The van der Waals surface area contributed by atoms with Crippen LogP contribution in [0.15, 0.2) is 24.3 Å². The van der Waals surface area contributed by atoms with E-state index in [9.17, 15) is 4.21 Å². The molecule has 17 heavy (non-hydrogen) atoms. The molecule has 0 aromatic heterocycles. The Morgan fingerprint density at radius 2 is 2.18 bits per heavy atom. The molecule has 0 fully saturated rings. The highest BCUT2D eigenvalue weighted by molar-refractivity contribution is 7.85. The molecule has 1 aromatic carbocycles. The zero-order chi connectivity index (χ0) is 12.7. The van der Waals surface area contributed by atoms with E-state index in [4.69, 9.17) is 10.5 Å². The van der Waals surface area contributed by atoms with E-state index >= 15 is 0 Å². The zero-order valence-corrected chi connectivity index (χ0v) is 11.3. The number of nitrogens with two attached hydrogens (primary N) is 1. The van der Waals surface area contributed by atoms with Gasteiger partial charge in [0.05, 0.1) is 6.61 Å². The first-order valence-corrected chi connectivity index (χ1v) is 7.30. The average Bonchev–Trinajstić information content (AvgIpc) is 2.34. The van der Waals surface area contributed by atoms with E-state index in [1.165, 1.54) is 0 Å². The normalized spacial score (nSPS) is 12.7. The molecule has 0 aliphatic rings. The Hall–Kier alpha value is -0.870. The lowest BCUT2D eigenvalue weighted by atomic mass is 10.2. The van der Waals surface area contributed by atoms with Gasteiger partial charge in [0.2, 0.25) is 0 Å². The van der Waals surface area contributed by atoms with Crippen molar-refractivity contribution in [2.24, 2.45) is 5.73 Å². The zero-order valence-electron chi connectivity index (χ0n) is 10.5. The van der Waals surface area contributed by atoms with Gasteiger partial charge in [-0.2, -0.15) is 0 Å². The van der Waals surface area contributed by atoms with Crippen LogP contribution in [0.3, 0.4) is 0 Å². The van der Waals surface area contributed by atoms with Crippen molar-refractivity contribution in [3.05, 3.63) is 29.8 Å². The van der Waals surface area contributed by atoms with Crippen LogP contribution >= 0.6 is 0 Å². The third kappa shape index (κ3) is 5.33. The van der Waals surface area contributed by atoms with Crippen molar-refractivity contribution in [3.8, 4) is 5.75 Å². The Labute approximate surface area is 106 Å². The summed E-state index contributed by atoms with van der Waals surface area (Å²) < 4.78 is 17.1. The minimum Gasteiger partial charge on any atom is -0.494 e. The summed E-state index contributed by atoms with van der Waals surface area (Å²) in [6.45, 7) is 5.07. The molecule has 0 heterocycles. The first kappa shape index (κ1) is 14.2. The maximum atomic E-state index is 11.5. The van der Waals surface area contributed by atoms with Gasteiger partial charge in [-0.3, -0.25) is 4.21 Å². The van der Waals surface area contributed by atoms with Crippen LogP contribution in [0.1, 0.15) is 25.8 Å². The summed E-state index contributed by atoms with van der Waals surface area (Å²) in [5, 5.41) is 0.232. The highest BCUT2D eigenvalue weighted by Gasteiger charge is 2.04. The predicted octanol–water partition coefficient (Wildman–Crippen LogP) is 2.07. The van der Waals surface area contributed by atoms with E-state index in [0.29, 0.717) is 18.9 Å². The van der Waals surface area contributed by atoms with Gasteiger partial charge in [0.15, 0.2) is 0 Å². The SMILES string of the molecule is CC(C)S(=O)CCCOc1cccc(CN)c1. The molecule has 0 amide bonds. The maximum absolute atomic E-state index is 11.5. The van der Waals surface area contributed by atoms with Crippen LogP contribution in [0.4, 0.5) is 0 Å². The summed E-state index contributed by atoms with van der Waals surface area (Å²) in [5.41, 5.74) is 6.61. The maximum Gasteiger partial charge on any atom is 0.119 e. The molecule has 1 rings (SSSR count). The van der Waals surface area contributed by atoms with Crippen LogP contribution in [-0.2, 0) is 17.3 Å². The first-order valence-electron chi connectivity index (χ1n) is 5.92. The van der Waals surface area contributed by atoms with Crippen LogP contribution in [-0.4, -0.2) is 21.8 Å². The smallest absolute Gasteiger partial charge is 0.119 e. The van der Waals surface area contributed by atoms with Crippen molar-refractivity contribution >= 4 is 10.8 Å². The molecule has 0 radical (unpaired) electrons. The quantitative estimate of drug-likeness (QED) is 0.759. The van der Waals surface area contributed by atoms with Crippen molar-refractivity contribution in [1.29, 1.82) is 0 Å². The Kier molecular flexibility index (Phi) is 6.22. The lowest BCUT2D eigenvalue weighted by Gasteiger charge is -2.08. The fraction of sp³-hybridized carbons (Fsp3) is 0.538. The van der Waals surface area contributed by atoms with Crippen LogP contribution in [0.2, 0.25) is 0 Å². The fourth-order valence-corrected chi connectivity index (χ4v) is 2.26. The molecule has 0 aliphatic heterocycles. The topological polar surface area (TPSA) is 52.3 Å². The van der Waals surface area contributed by atoms with E-state index < -0.39 is 10.8 Å². The van der Waals surface area contributed by atoms with Gasteiger partial charge in [-0.05, 0) is 24.1 Å². The molecular weight excluding hydrogens is 234 g/mol. The van der Waals surface area contributed by atoms with Gasteiger partial charge in [0, 0.05) is 28.3 Å². The summed E-state index contributed by atoms with van der Waals surface area (Å²) in [7, 11) is -0.736. The average molecular weight is 255 g/mol. The molecule has 3 nitrogen and oxygen atoms in total. The van der Waals surface area contributed by atoms with Gasteiger partial charge >= 0.3 is 0 Å². The second-order valence-electron chi connectivity index (χ2n) is 4.19. The molecule has 0 bridgehead atoms. The van der Waals surface area contributed by atoms with Gasteiger partial charge < -0.3 is 10.5 Å². The molecule has 2 N–H and O–H groups in total. The van der Waals surface area contributed by atoms with Gasteiger partial charge in [-0.25, -0.2) is 0 Å². The summed E-state index contributed by atoms with van der Waals surface area (Å²) in [6.07, 6.45) is 0.817. The lowest BCUT2D eigenvalue weighted by Crippen LogP contribution is -2.12. The third-order valence-electron chi connectivity index (χ3n) is 2.42. The molecule has 96 valence electrons. The van der Waals surface area contributed by atoms with Crippen molar-refractivity contribution in [2.45, 2.75) is 32.1 Å². The molecule has 0 saturated carbocycles. The van der Waals surface area contributed by atoms with Crippen molar-refractivity contribution in [3.63, 3.8) is 0 Å². The largest absolute Gasteiger partial charge is 0.494 e. The summed E-state index contributed by atoms with van der Waals surface area (Å²) >= 11 is 0.